The molecule has 0 radical (unpaired) electrons. The zero-order chi connectivity index (χ0) is 17.4. The molecule has 2 aliphatic heterocycles. The number of amides is 1. The highest BCUT2D eigenvalue weighted by Gasteiger charge is 2.55. The third kappa shape index (κ3) is 2.74. The van der Waals surface area contributed by atoms with E-state index in [1.54, 1.807) is 6.20 Å². The number of imidazole rings is 1. The summed E-state index contributed by atoms with van der Waals surface area (Å²) >= 11 is 0. The maximum absolute atomic E-state index is 13.3. The summed E-state index contributed by atoms with van der Waals surface area (Å²) in [6, 6.07) is 4.33. The molecule has 0 saturated carbocycles. The minimum absolute atomic E-state index is 0.152. The van der Waals surface area contributed by atoms with Crippen molar-refractivity contribution in [3.05, 3.63) is 48.3 Å². The van der Waals surface area contributed by atoms with Crippen molar-refractivity contribution < 1.29 is 4.79 Å². The lowest BCUT2D eigenvalue weighted by atomic mass is 9.75. The molecule has 2 saturated heterocycles. The zero-order valence-corrected chi connectivity index (χ0v) is 14.9. The average Bonchev–Trinajstić information content (AvgIpc) is 3.32. The molecule has 6 heteroatoms. The van der Waals surface area contributed by atoms with Crippen LogP contribution in [0.15, 0.2) is 37.1 Å². The number of carbonyl (C=O) groups excluding carboxylic acids is 1. The van der Waals surface area contributed by atoms with E-state index < -0.39 is 0 Å². The van der Waals surface area contributed by atoms with E-state index in [4.69, 9.17) is 0 Å². The number of rotatable bonds is 4. The summed E-state index contributed by atoms with van der Waals surface area (Å²) < 4.78 is 2.12. The lowest BCUT2D eigenvalue weighted by Crippen LogP contribution is -2.39. The fraction of sp³-hybridized carbons (Fsp3) is 0.526. The normalized spacial score (nSPS) is 26.3. The molecule has 1 spiro atoms. The molecule has 4 heterocycles. The van der Waals surface area contributed by atoms with Crippen molar-refractivity contribution in [3.8, 4) is 0 Å². The number of aromatic nitrogens is 3. The molecule has 2 atom stereocenters. The molecular weight excluding hydrogens is 314 g/mol. The van der Waals surface area contributed by atoms with Gasteiger partial charge in [0.05, 0.1) is 17.4 Å². The Morgan fingerprint density at radius 3 is 3.04 bits per heavy atom. The van der Waals surface area contributed by atoms with Crippen molar-refractivity contribution in [1.29, 1.82) is 0 Å². The smallest absolute Gasteiger partial charge is 0.231 e. The first-order valence-corrected chi connectivity index (χ1v) is 9.02. The maximum atomic E-state index is 13.3. The van der Waals surface area contributed by atoms with Crippen LogP contribution in [0.1, 0.15) is 43.5 Å². The van der Waals surface area contributed by atoms with Gasteiger partial charge in [-0.05, 0) is 31.9 Å². The first kappa shape index (κ1) is 16.3. The number of hydrogen-bond acceptors (Lipinski definition) is 4. The lowest BCUT2D eigenvalue weighted by Gasteiger charge is -2.28. The molecule has 2 aromatic heterocycles. The van der Waals surface area contributed by atoms with Gasteiger partial charge in [-0.1, -0.05) is 6.07 Å². The van der Waals surface area contributed by atoms with Crippen LogP contribution in [0.4, 0.5) is 0 Å². The number of likely N-dealkylation sites (tertiary alicyclic amines) is 1. The first-order chi connectivity index (χ1) is 12.1. The Labute approximate surface area is 148 Å². The van der Waals surface area contributed by atoms with E-state index in [0.717, 1.165) is 37.3 Å². The molecule has 1 amide bonds. The third-order valence-corrected chi connectivity index (χ3v) is 5.67. The Balaban J connectivity index is 1.57. The highest BCUT2D eigenvalue weighted by atomic mass is 16.2. The first-order valence-electron chi connectivity index (χ1n) is 9.02. The quantitative estimate of drug-likeness (QED) is 0.925. The molecule has 1 N–H and O–H groups in total. The van der Waals surface area contributed by atoms with Crippen LogP contribution in [0.2, 0.25) is 0 Å². The monoisotopic (exact) mass is 339 g/mol. The van der Waals surface area contributed by atoms with E-state index in [1.165, 1.54) is 0 Å². The summed E-state index contributed by atoms with van der Waals surface area (Å²) in [6.45, 7) is 7.30. The molecule has 2 fully saturated rings. The lowest BCUT2D eigenvalue weighted by molar-refractivity contribution is -0.136. The summed E-state index contributed by atoms with van der Waals surface area (Å²) in [5.41, 5.74) is 1.77. The Morgan fingerprint density at radius 1 is 1.44 bits per heavy atom. The van der Waals surface area contributed by atoms with Gasteiger partial charge in [-0.25, -0.2) is 4.98 Å². The van der Waals surface area contributed by atoms with Gasteiger partial charge in [0.2, 0.25) is 5.91 Å². The van der Waals surface area contributed by atoms with Crippen LogP contribution >= 0.6 is 0 Å². The van der Waals surface area contributed by atoms with E-state index in [0.29, 0.717) is 12.6 Å². The van der Waals surface area contributed by atoms with Crippen molar-refractivity contribution in [3.63, 3.8) is 0 Å². The van der Waals surface area contributed by atoms with Crippen LogP contribution in [0.25, 0.3) is 0 Å². The summed E-state index contributed by atoms with van der Waals surface area (Å²) in [7, 11) is 0. The molecule has 0 bridgehead atoms. The number of nitrogens with zero attached hydrogens (tertiary/aromatic N) is 4. The third-order valence-electron chi connectivity index (χ3n) is 5.67. The fourth-order valence-corrected chi connectivity index (χ4v) is 4.17. The highest BCUT2D eigenvalue weighted by Crippen LogP contribution is 2.46. The van der Waals surface area contributed by atoms with E-state index in [1.807, 2.05) is 29.6 Å². The number of hydrogen-bond donors (Lipinski definition) is 1. The summed E-state index contributed by atoms with van der Waals surface area (Å²) in [4.78, 5) is 24.1. The van der Waals surface area contributed by atoms with Gasteiger partial charge in [0, 0.05) is 56.7 Å². The van der Waals surface area contributed by atoms with Gasteiger partial charge >= 0.3 is 0 Å². The largest absolute Gasteiger partial charge is 0.338 e. The Kier molecular flexibility index (Phi) is 4.07. The van der Waals surface area contributed by atoms with Crippen molar-refractivity contribution in [2.24, 2.45) is 5.41 Å². The van der Waals surface area contributed by atoms with Crippen molar-refractivity contribution in [1.82, 2.24) is 24.8 Å². The summed E-state index contributed by atoms with van der Waals surface area (Å²) in [5, 5.41) is 3.45. The van der Waals surface area contributed by atoms with Crippen molar-refractivity contribution in [2.45, 2.75) is 38.8 Å². The van der Waals surface area contributed by atoms with Gasteiger partial charge in [0.15, 0.2) is 0 Å². The Morgan fingerprint density at radius 2 is 2.32 bits per heavy atom. The molecule has 132 valence electrons. The fourth-order valence-electron chi connectivity index (χ4n) is 4.17. The van der Waals surface area contributed by atoms with Crippen LogP contribution in [0.3, 0.4) is 0 Å². The standard InChI is InChI=1S/C19H25N5O/c1-14(2)24-11-17(22-13-24)16-9-21-12-19(16)5-7-23(18(19)25)10-15-4-3-6-20-8-15/h3-4,6,8,11,13-14,16,21H,5,7,9-10,12H2,1-2H3/t16-,19-/m0/s1. The van der Waals surface area contributed by atoms with Crippen LogP contribution in [0.5, 0.6) is 0 Å². The molecule has 2 aromatic rings. The Bertz CT molecular complexity index is 756. The van der Waals surface area contributed by atoms with Gasteiger partial charge in [-0.3, -0.25) is 9.78 Å². The van der Waals surface area contributed by atoms with Crippen molar-refractivity contribution in [2.75, 3.05) is 19.6 Å². The van der Waals surface area contributed by atoms with E-state index in [2.05, 4.69) is 39.9 Å². The molecule has 6 nitrogen and oxygen atoms in total. The van der Waals surface area contributed by atoms with Crippen LogP contribution in [-0.4, -0.2) is 45.0 Å². The second-order valence-electron chi connectivity index (χ2n) is 7.52. The van der Waals surface area contributed by atoms with Gasteiger partial charge in [-0.15, -0.1) is 0 Å². The average molecular weight is 339 g/mol. The van der Waals surface area contributed by atoms with E-state index in [9.17, 15) is 4.79 Å². The molecule has 25 heavy (non-hydrogen) atoms. The SMILES string of the molecule is CC(C)n1cnc([C@@H]2CNC[C@@]23CCN(Cc2cccnc2)C3=O)c1. The molecular formula is C19H25N5O. The zero-order valence-electron chi connectivity index (χ0n) is 14.9. The van der Waals surface area contributed by atoms with Gasteiger partial charge in [-0.2, -0.15) is 0 Å². The van der Waals surface area contributed by atoms with E-state index in [-0.39, 0.29) is 17.2 Å². The number of nitrogens with one attached hydrogen (secondary N) is 1. The highest BCUT2D eigenvalue weighted by molar-refractivity contribution is 5.86. The molecule has 0 unspecified atom stereocenters. The summed E-state index contributed by atoms with van der Waals surface area (Å²) in [5.74, 6) is 0.407. The minimum Gasteiger partial charge on any atom is -0.338 e. The molecule has 0 aromatic carbocycles. The van der Waals surface area contributed by atoms with Crippen molar-refractivity contribution >= 4 is 5.91 Å². The minimum atomic E-state index is -0.349. The predicted molar refractivity (Wildman–Crippen MR) is 94.9 cm³/mol. The van der Waals surface area contributed by atoms with E-state index >= 15 is 0 Å². The number of carbonyl (C=O) groups is 1. The maximum Gasteiger partial charge on any atom is 0.231 e. The Hall–Kier alpha value is -2.21. The van der Waals surface area contributed by atoms with Crippen LogP contribution in [-0.2, 0) is 11.3 Å². The summed E-state index contributed by atoms with van der Waals surface area (Å²) in [6.07, 6.45) is 8.49. The topological polar surface area (TPSA) is 63.1 Å². The van der Waals surface area contributed by atoms with Crippen LogP contribution < -0.4 is 5.32 Å². The molecule has 2 aliphatic rings. The molecule has 0 aliphatic carbocycles. The van der Waals surface area contributed by atoms with Gasteiger partial charge < -0.3 is 14.8 Å². The second-order valence-corrected chi connectivity index (χ2v) is 7.52. The van der Waals surface area contributed by atoms with Gasteiger partial charge in [0.25, 0.3) is 0 Å². The molecule has 4 rings (SSSR count). The second kappa shape index (κ2) is 6.26. The van der Waals surface area contributed by atoms with Crippen LogP contribution in [0, 0.1) is 5.41 Å². The number of pyridine rings is 1. The van der Waals surface area contributed by atoms with Gasteiger partial charge in [0.1, 0.15) is 0 Å². The predicted octanol–water partition coefficient (Wildman–Crippen LogP) is 1.96.